The van der Waals surface area contributed by atoms with Gasteiger partial charge in [0.15, 0.2) is 0 Å². The van der Waals surface area contributed by atoms with Crippen molar-refractivity contribution in [1.82, 2.24) is 15.3 Å². The number of nitrogens with one attached hydrogen (secondary N) is 3. The van der Waals surface area contributed by atoms with E-state index in [1.807, 2.05) is 13.0 Å². The van der Waals surface area contributed by atoms with Crippen LogP contribution in [0.4, 0.5) is 23.1 Å². The average molecular weight is 501 g/mol. The monoisotopic (exact) mass is 500 g/mol. The van der Waals surface area contributed by atoms with Crippen LogP contribution in [-0.4, -0.2) is 37.4 Å². The largest absolute Gasteiger partial charge is 0.356 e. The van der Waals surface area contributed by atoms with E-state index in [4.69, 9.17) is 0 Å². The maximum absolute atomic E-state index is 12.7. The van der Waals surface area contributed by atoms with Crippen molar-refractivity contribution < 1.29 is 13.2 Å². The zero-order valence-electron chi connectivity index (χ0n) is 19.2. The molecular weight excluding hydrogens is 472 g/mol. The molecule has 9 nitrogen and oxygen atoms in total. The molecule has 1 fully saturated rings. The second kappa shape index (κ2) is 10.4. The van der Waals surface area contributed by atoms with Crippen LogP contribution < -0.4 is 20.3 Å². The van der Waals surface area contributed by atoms with Crippen LogP contribution in [0.2, 0.25) is 0 Å². The molecule has 0 saturated carbocycles. The third kappa shape index (κ3) is 6.23. The number of rotatable bonds is 8. The van der Waals surface area contributed by atoms with Crippen LogP contribution in [0.25, 0.3) is 0 Å². The number of nitrogens with zero attached hydrogens (tertiary/aromatic N) is 3. The fraction of sp³-hybridized carbons (Fsp3) is 0.348. The highest BCUT2D eigenvalue weighted by atomic mass is 32.2. The van der Waals surface area contributed by atoms with Crippen LogP contribution in [0.15, 0.2) is 46.7 Å². The zero-order chi connectivity index (χ0) is 24.1. The first-order chi connectivity index (χ1) is 16.3. The summed E-state index contributed by atoms with van der Waals surface area (Å²) in [7, 11) is -3.72. The Morgan fingerprint density at radius 3 is 2.44 bits per heavy atom. The molecule has 11 heteroatoms. The van der Waals surface area contributed by atoms with Gasteiger partial charge in [0, 0.05) is 48.0 Å². The maximum Gasteiger partial charge on any atom is 0.271 e. The highest BCUT2D eigenvalue weighted by Crippen LogP contribution is 2.26. The molecule has 34 heavy (non-hydrogen) atoms. The van der Waals surface area contributed by atoms with Gasteiger partial charge in [-0.2, -0.15) is 4.98 Å². The molecule has 3 heterocycles. The molecule has 2 aromatic heterocycles. The number of piperidine rings is 1. The molecule has 0 bridgehead atoms. The second-order valence-electron chi connectivity index (χ2n) is 8.18. The van der Waals surface area contributed by atoms with Crippen LogP contribution in [0.5, 0.6) is 0 Å². The Balaban J connectivity index is 1.41. The summed E-state index contributed by atoms with van der Waals surface area (Å²) < 4.78 is 28.2. The summed E-state index contributed by atoms with van der Waals surface area (Å²) in [5, 5.41) is 5.88. The van der Waals surface area contributed by atoms with E-state index in [2.05, 4.69) is 30.2 Å². The highest BCUT2D eigenvalue weighted by Gasteiger charge is 2.18. The van der Waals surface area contributed by atoms with E-state index in [9.17, 15) is 13.2 Å². The number of anilines is 4. The van der Waals surface area contributed by atoms with Gasteiger partial charge >= 0.3 is 0 Å². The van der Waals surface area contributed by atoms with Crippen molar-refractivity contribution in [2.75, 3.05) is 28.0 Å². The fourth-order valence-corrected chi connectivity index (χ4v) is 6.01. The number of hydrogen-bond donors (Lipinski definition) is 3. The molecule has 1 saturated heterocycles. The summed E-state index contributed by atoms with van der Waals surface area (Å²) in [6, 6.07) is 12.2. The van der Waals surface area contributed by atoms with Crippen molar-refractivity contribution in [1.29, 1.82) is 0 Å². The van der Waals surface area contributed by atoms with Crippen molar-refractivity contribution in [2.45, 2.75) is 43.9 Å². The molecule has 1 aliphatic heterocycles. The number of thiophene rings is 1. The zero-order valence-corrected chi connectivity index (χ0v) is 20.8. The number of benzene rings is 1. The van der Waals surface area contributed by atoms with Gasteiger partial charge in [0.25, 0.3) is 10.0 Å². The Bertz CT molecular complexity index is 1250. The van der Waals surface area contributed by atoms with Gasteiger partial charge in [0.05, 0.1) is 6.54 Å². The van der Waals surface area contributed by atoms with Gasteiger partial charge in [-0.15, -0.1) is 11.3 Å². The summed E-state index contributed by atoms with van der Waals surface area (Å²) in [5.74, 6) is 1.27. The predicted octanol–water partition coefficient (Wildman–Crippen LogP) is 4.02. The molecule has 4 rings (SSSR count). The molecular formula is C23H28N6O3S2. The van der Waals surface area contributed by atoms with Crippen molar-refractivity contribution in [3.63, 3.8) is 0 Å². The Kier molecular flexibility index (Phi) is 7.32. The molecule has 0 radical (unpaired) electrons. The molecule has 3 N–H and O–H groups in total. The number of sulfonamides is 1. The number of amides is 1. The Hall–Kier alpha value is -3.18. The number of carbonyl (C=O) groups is 1. The van der Waals surface area contributed by atoms with E-state index >= 15 is 0 Å². The van der Waals surface area contributed by atoms with E-state index in [0.717, 1.165) is 46.5 Å². The van der Waals surface area contributed by atoms with Gasteiger partial charge in [-0.1, -0.05) is 0 Å². The predicted molar refractivity (Wildman–Crippen MR) is 135 cm³/mol. The molecule has 180 valence electrons. The maximum atomic E-state index is 12.7. The van der Waals surface area contributed by atoms with Gasteiger partial charge in [-0.05, 0) is 62.6 Å². The number of aromatic nitrogens is 2. The minimum absolute atomic E-state index is 0.164. The number of carbonyl (C=O) groups excluding carboxylic acids is 1. The van der Waals surface area contributed by atoms with E-state index in [1.165, 1.54) is 32.3 Å². The lowest BCUT2D eigenvalue weighted by Gasteiger charge is -2.28. The summed E-state index contributed by atoms with van der Waals surface area (Å²) in [4.78, 5) is 23.3. The third-order valence-electron chi connectivity index (χ3n) is 5.33. The Morgan fingerprint density at radius 2 is 1.74 bits per heavy atom. The smallest absolute Gasteiger partial charge is 0.271 e. The fourth-order valence-electron chi connectivity index (χ4n) is 3.66. The summed E-state index contributed by atoms with van der Waals surface area (Å²) in [5.41, 5.74) is 2.09. The van der Waals surface area contributed by atoms with Gasteiger partial charge in [-0.3, -0.25) is 9.52 Å². The summed E-state index contributed by atoms with van der Waals surface area (Å²) in [6.45, 7) is 5.68. The topological polar surface area (TPSA) is 116 Å². The van der Waals surface area contributed by atoms with Crippen molar-refractivity contribution in [3.05, 3.63) is 53.0 Å². The normalized spacial score (nSPS) is 14.0. The molecule has 0 aliphatic carbocycles. The first kappa shape index (κ1) is 24.0. The van der Waals surface area contributed by atoms with E-state index in [1.54, 1.807) is 30.3 Å². The Morgan fingerprint density at radius 1 is 1.03 bits per heavy atom. The number of aryl methyl sites for hydroxylation is 1. The molecule has 3 aromatic rings. The first-order valence-corrected chi connectivity index (χ1v) is 13.4. The Labute approximate surface area is 203 Å². The SMILES string of the molecule is CC(=O)NCc1ccc(S(=O)(=O)Nc2ccc(Nc3nc(C)cc(N4CCCCC4)n3)cc2)s1. The average Bonchev–Trinajstić information content (AvgIpc) is 3.29. The van der Waals surface area contributed by atoms with Gasteiger partial charge in [-0.25, -0.2) is 13.4 Å². The van der Waals surface area contributed by atoms with Crippen LogP contribution in [0, 0.1) is 6.92 Å². The second-order valence-corrected chi connectivity index (χ2v) is 11.3. The van der Waals surface area contributed by atoms with Crippen molar-refractivity contribution in [3.8, 4) is 0 Å². The quantitative estimate of drug-likeness (QED) is 0.428. The first-order valence-electron chi connectivity index (χ1n) is 11.1. The lowest BCUT2D eigenvalue weighted by molar-refractivity contribution is -0.119. The third-order valence-corrected chi connectivity index (χ3v) is 8.29. The molecule has 0 atom stereocenters. The van der Waals surface area contributed by atoms with Gasteiger partial charge in [0.2, 0.25) is 11.9 Å². The van der Waals surface area contributed by atoms with Gasteiger partial charge < -0.3 is 15.5 Å². The summed E-state index contributed by atoms with van der Waals surface area (Å²) >= 11 is 1.12. The molecule has 1 aliphatic rings. The van der Waals surface area contributed by atoms with Crippen LogP contribution in [0.3, 0.4) is 0 Å². The van der Waals surface area contributed by atoms with E-state index < -0.39 is 10.0 Å². The summed E-state index contributed by atoms with van der Waals surface area (Å²) in [6.07, 6.45) is 3.60. The van der Waals surface area contributed by atoms with E-state index in [0.29, 0.717) is 18.2 Å². The van der Waals surface area contributed by atoms with Crippen molar-refractivity contribution >= 4 is 50.4 Å². The molecule has 0 unspecified atom stereocenters. The number of hydrogen-bond acceptors (Lipinski definition) is 8. The lowest BCUT2D eigenvalue weighted by atomic mass is 10.1. The molecule has 0 spiro atoms. The van der Waals surface area contributed by atoms with E-state index in [-0.39, 0.29) is 10.1 Å². The van der Waals surface area contributed by atoms with Crippen LogP contribution in [-0.2, 0) is 21.4 Å². The van der Waals surface area contributed by atoms with Crippen molar-refractivity contribution in [2.24, 2.45) is 0 Å². The standard InChI is InChI=1S/C23H28N6O3S2/c1-16-14-21(29-12-4-3-5-13-29)27-23(25-16)26-18-6-8-19(9-7-18)28-34(31,32)22-11-10-20(33-22)15-24-17(2)30/h6-11,14,28H,3-5,12-13,15H2,1-2H3,(H,24,30)(H,25,26,27). The highest BCUT2D eigenvalue weighted by molar-refractivity contribution is 7.94. The lowest BCUT2D eigenvalue weighted by Crippen LogP contribution is -2.30. The van der Waals surface area contributed by atoms with Gasteiger partial charge in [0.1, 0.15) is 10.0 Å². The molecule has 1 aromatic carbocycles. The van der Waals surface area contributed by atoms with Crippen LogP contribution in [0.1, 0.15) is 36.8 Å². The minimum Gasteiger partial charge on any atom is -0.356 e. The van der Waals surface area contributed by atoms with Crippen LogP contribution >= 0.6 is 11.3 Å². The molecule has 1 amide bonds. The minimum atomic E-state index is -3.72.